The molecule has 0 amide bonds. The van der Waals surface area contributed by atoms with E-state index in [1.807, 2.05) is 11.7 Å². The Morgan fingerprint density at radius 1 is 1.47 bits per heavy atom. The Kier molecular flexibility index (Phi) is 3.78. The third-order valence-corrected chi connectivity index (χ3v) is 3.89. The molecule has 1 aromatic heterocycles. The highest BCUT2D eigenvalue weighted by Gasteiger charge is 2.28. The number of halogens is 1. The molecule has 2 atom stereocenters. The van der Waals surface area contributed by atoms with E-state index < -0.39 is 0 Å². The molecule has 0 bridgehead atoms. The average Bonchev–Trinajstić information content (AvgIpc) is 2.56. The minimum absolute atomic E-state index is 0.282. The van der Waals surface area contributed by atoms with Gasteiger partial charge in [-0.2, -0.15) is 5.10 Å². The van der Waals surface area contributed by atoms with E-state index in [2.05, 4.69) is 46.7 Å². The molecule has 96 valence electrons. The summed E-state index contributed by atoms with van der Waals surface area (Å²) < 4.78 is 7.67. The van der Waals surface area contributed by atoms with Crippen LogP contribution in [0.3, 0.4) is 0 Å². The molecule has 2 unspecified atom stereocenters. The highest BCUT2D eigenvalue weighted by atomic mass is 79.9. The molecule has 1 fully saturated rings. The Hall–Kier alpha value is -0.550. The first-order chi connectivity index (χ1) is 8.04. The number of morpholine rings is 1. The topological polar surface area (TPSA) is 30.3 Å². The molecule has 1 saturated heterocycles. The lowest BCUT2D eigenvalue weighted by Gasteiger charge is -2.38. The smallest absolute Gasteiger partial charge is 0.131 e. The van der Waals surface area contributed by atoms with E-state index in [9.17, 15) is 0 Å². The minimum atomic E-state index is 0.282. The molecular formula is C12H20BrN3O. The van der Waals surface area contributed by atoms with Gasteiger partial charge in [-0.1, -0.05) is 15.9 Å². The van der Waals surface area contributed by atoms with Crippen molar-refractivity contribution in [3.05, 3.63) is 11.3 Å². The number of nitrogens with zero attached hydrogens (tertiary/aromatic N) is 3. The molecule has 0 spiro atoms. The molecule has 2 heterocycles. The molecule has 1 aliphatic heterocycles. The van der Waals surface area contributed by atoms with E-state index >= 15 is 0 Å². The number of hydrogen-bond acceptors (Lipinski definition) is 3. The maximum absolute atomic E-state index is 5.68. The second-order valence-electron chi connectivity index (χ2n) is 4.79. The minimum Gasteiger partial charge on any atom is -0.375 e. The fraction of sp³-hybridized carbons (Fsp3) is 0.750. The Morgan fingerprint density at radius 3 is 2.82 bits per heavy atom. The van der Waals surface area contributed by atoms with Crippen molar-refractivity contribution in [1.82, 2.24) is 9.78 Å². The zero-order valence-electron chi connectivity index (χ0n) is 10.9. The molecule has 1 aromatic rings. The summed E-state index contributed by atoms with van der Waals surface area (Å²) in [7, 11) is 2.02. The van der Waals surface area contributed by atoms with Crippen LogP contribution >= 0.6 is 15.9 Å². The van der Waals surface area contributed by atoms with Crippen molar-refractivity contribution in [2.75, 3.05) is 18.1 Å². The fourth-order valence-corrected chi connectivity index (χ4v) is 3.06. The second kappa shape index (κ2) is 4.98. The van der Waals surface area contributed by atoms with Gasteiger partial charge in [0.15, 0.2) is 0 Å². The Bertz CT molecular complexity index is 405. The van der Waals surface area contributed by atoms with Gasteiger partial charge >= 0.3 is 0 Å². The zero-order chi connectivity index (χ0) is 12.6. The number of rotatable bonds is 2. The summed E-state index contributed by atoms with van der Waals surface area (Å²) in [6.45, 7) is 8.10. The van der Waals surface area contributed by atoms with E-state index in [-0.39, 0.29) is 6.10 Å². The zero-order valence-corrected chi connectivity index (χ0v) is 12.5. The molecule has 0 aromatic carbocycles. The summed E-state index contributed by atoms with van der Waals surface area (Å²) in [6, 6.07) is 0.402. The van der Waals surface area contributed by atoms with E-state index in [1.165, 1.54) is 11.4 Å². The number of hydrogen-bond donors (Lipinski definition) is 0. The summed E-state index contributed by atoms with van der Waals surface area (Å²) in [5.74, 6) is 1.22. The van der Waals surface area contributed by atoms with Gasteiger partial charge in [0.05, 0.1) is 24.4 Å². The van der Waals surface area contributed by atoms with Crippen molar-refractivity contribution in [2.24, 2.45) is 7.05 Å². The molecule has 4 nitrogen and oxygen atoms in total. The lowest BCUT2D eigenvalue weighted by atomic mass is 10.1. The van der Waals surface area contributed by atoms with Crippen molar-refractivity contribution in [3.8, 4) is 0 Å². The van der Waals surface area contributed by atoms with Gasteiger partial charge in [0.1, 0.15) is 5.82 Å². The van der Waals surface area contributed by atoms with E-state index in [0.717, 1.165) is 24.2 Å². The van der Waals surface area contributed by atoms with Gasteiger partial charge < -0.3 is 9.64 Å². The van der Waals surface area contributed by atoms with Crippen molar-refractivity contribution < 1.29 is 4.74 Å². The van der Waals surface area contributed by atoms with E-state index in [0.29, 0.717) is 6.04 Å². The summed E-state index contributed by atoms with van der Waals surface area (Å²) in [5, 5.41) is 5.37. The predicted molar refractivity (Wildman–Crippen MR) is 72.8 cm³/mol. The Labute approximate surface area is 111 Å². The van der Waals surface area contributed by atoms with Crippen LogP contribution in [0.1, 0.15) is 25.1 Å². The number of aryl methyl sites for hydroxylation is 2. The van der Waals surface area contributed by atoms with Crippen LogP contribution in [0.25, 0.3) is 0 Å². The molecule has 0 aliphatic carbocycles. The standard InChI is InChI=1S/C12H20BrN3O/c1-8-7-17-9(2)6-16(8)12-11(5-13)10(3)14-15(12)4/h8-9H,5-7H2,1-4H3. The van der Waals surface area contributed by atoms with Gasteiger partial charge in [-0.25, -0.2) is 0 Å². The van der Waals surface area contributed by atoms with Gasteiger partial charge in [0.2, 0.25) is 0 Å². The van der Waals surface area contributed by atoms with Crippen LogP contribution in [0.2, 0.25) is 0 Å². The average molecular weight is 302 g/mol. The monoisotopic (exact) mass is 301 g/mol. The van der Waals surface area contributed by atoms with Crippen molar-refractivity contribution in [1.29, 1.82) is 0 Å². The normalized spacial score (nSPS) is 25.4. The molecule has 0 radical (unpaired) electrons. The van der Waals surface area contributed by atoms with Crippen LogP contribution < -0.4 is 4.90 Å². The quantitative estimate of drug-likeness (QED) is 0.785. The van der Waals surface area contributed by atoms with Gasteiger partial charge in [-0.15, -0.1) is 0 Å². The summed E-state index contributed by atoms with van der Waals surface area (Å²) in [5.41, 5.74) is 2.39. The Balaban J connectivity index is 2.37. The number of alkyl halides is 1. The molecule has 1 aliphatic rings. The van der Waals surface area contributed by atoms with Crippen molar-refractivity contribution in [2.45, 2.75) is 38.2 Å². The van der Waals surface area contributed by atoms with E-state index in [4.69, 9.17) is 4.74 Å². The van der Waals surface area contributed by atoms with E-state index in [1.54, 1.807) is 0 Å². The van der Waals surface area contributed by atoms with Gasteiger partial charge in [0.25, 0.3) is 0 Å². The third kappa shape index (κ3) is 2.36. The van der Waals surface area contributed by atoms with Crippen LogP contribution in [0, 0.1) is 6.92 Å². The number of ether oxygens (including phenoxy) is 1. The molecule has 17 heavy (non-hydrogen) atoms. The molecule has 5 heteroatoms. The highest BCUT2D eigenvalue weighted by molar-refractivity contribution is 9.08. The lowest BCUT2D eigenvalue weighted by molar-refractivity contribution is 0.0337. The predicted octanol–water partition coefficient (Wildman–Crippen LogP) is 2.24. The van der Waals surface area contributed by atoms with Crippen LogP contribution in [0.15, 0.2) is 0 Å². The maximum atomic E-state index is 5.68. The Morgan fingerprint density at radius 2 is 2.18 bits per heavy atom. The van der Waals surface area contributed by atoms with Crippen molar-refractivity contribution in [3.63, 3.8) is 0 Å². The van der Waals surface area contributed by atoms with Crippen LogP contribution in [-0.4, -0.2) is 35.1 Å². The summed E-state index contributed by atoms with van der Waals surface area (Å²) >= 11 is 3.56. The molecule has 0 N–H and O–H groups in total. The summed E-state index contributed by atoms with van der Waals surface area (Å²) in [4.78, 5) is 2.41. The molecular weight excluding hydrogens is 282 g/mol. The maximum Gasteiger partial charge on any atom is 0.131 e. The largest absolute Gasteiger partial charge is 0.375 e. The van der Waals surface area contributed by atoms with Crippen LogP contribution in [0.5, 0.6) is 0 Å². The molecule has 2 rings (SSSR count). The van der Waals surface area contributed by atoms with Gasteiger partial charge in [-0.05, 0) is 20.8 Å². The number of aromatic nitrogens is 2. The second-order valence-corrected chi connectivity index (χ2v) is 5.35. The summed E-state index contributed by atoms with van der Waals surface area (Å²) in [6.07, 6.45) is 0.282. The highest BCUT2D eigenvalue weighted by Crippen LogP contribution is 2.29. The van der Waals surface area contributed by atoms with Gasteiger partial charge in [0, 0.05) is 24.5 Å². The fourth-order valence-electron chi connectivity index (χ4n) is 2.40. The SMILES string of the molecule is Cc1nn(C)c(N2CC(C)OCC2C)c1CBr. The first-order valence-electron chi connectivity index (χ1n) is 6.01. The van der Waals surface area contributed by atoms with Crippen LogP contribution in [-0.2, 0) is 17.1 Å². The first-order valence-corrected chi connectivity index (χ1v) is 7.13. The third-order valence-electron chi connectivity index (χ3n) is 3.33. The van der Waals surface area contributed by atoms with Crippen molar-refractivity contribution >= 4 is 21.7 Å². The lowest BCUT2D eigenvalue weighted by Crippen LogP contribution is -2.48. The molecule has 0 saturated carbocycles. The first kappa shape index (κ1) is 12.9. The van der Waals surface area contributed by atoms with Gasteiger partial charge in [-0.3, -0.25) is 4.68 Å². The van der Waals surface area contributed by atoms with Crippen LogP contribution in [0.4, 0.5) is 5.82 Å². The number of anilines is 1.